The van der Waals surface area contributed by atoms with E-state index < -0.39 is 0 Å². The van der Waals surface area contributed by atoms with Crippen LogP contribution in [0.3, 0.4) is 0 Å². The molecule has 292 valence electrons. The number of hydrogen-bond donors (Lipinski definition) is 0. The van der Waals surface area contributed by atoms with E-state index >= 15 is 0 Å². The first-order chi connectivity index (χ1) is 31.2. The molecule has 2 aliphatic rings. The van der Waals surface area contributed by atoms with Gasteiger partial charge in [-0.05, 0) is 92.0 Å². The molecular weight excluding hydrogens is 769 g/mol. The number of fused-ring (bicyclic) bond motifs is 16. The Labute approximate surface area is 362 Å². The number of aromatic nitrogens is 4. The van der Waals surface area contributed by atoms with Gasteiger partial charge in [0.15, 0.2) is 11.6 Å². The maximum Gasteiger partial charge on any atom is 0.238 e. The highest BCUT2D eigenvalue weighted by molar-refractivity contribution is 6.11. The lowest BCUT2D eigenvalue weighted by Crippen LogP contribution is -2.25. The third-order valence-corrected chi connectivity index (χ3v) is 13.5. The number of rotatable bonds is 4. The van der Waals surface area contributed by atoms with Crippen molar-refractivity contribution in [1.82, 2.24) is 19.5 Å². The van der Waals surface area contributed by atoms with Gasteiger partial charge in [0, 0.05) is 27.1 Å². The van der Waals surface area contributed by atoms with Crippen molar-refractivity contribution in [2.45, 2.75) is 5.41 Å². The van der Waals surface area contributed by atoms with Gasteiger partial charge in [0.05, 0.1) is 22.0 Å². The van der Waals surface area contributed by atoms with Gasteiger partial charge in [0.2, 0.25) is 5.95 Å². The average Bonchev–Trinajstić information content (AvgIpc) is 4.08. The summed E-state index contributed by atoms with van der Waals surface area (Å²) in [7, 11) is 0. The molecule has 0 saturated carbocycles. The van der Waals surface area contributed by atoms with Crippen molar-refractivity contribution in [3.8, 4) is 62.1 Å². The molecule has 9 aromatic carbocycles. The third-order valence-electron chi connectivity index (χ3n) is 13.5. The van der Waals surface area contributed by atoms with Gasteiger partial charge in [-0.15, -0.1) is 0 Å². The quantitative estimate of drug-likeness (QED) is 0.178. The lowest BCUT2D eigenvalue weighted by Gasteiger charge is -2.30. The number of nitrogens with zero attached hydrogens (tertiary/aromatic N) is 4. The maximum atomic E-state index is 6.51. The van der Waals surface area contributed by atoms with Crippen molar-refractivity contribution in [3.63, 3.8) is 0 Å². The van der Waals surface area contributed by atoms with Crippen molar-refractivity contribution in [2.24, 2.45) is 0 Å². The van der Waals surface area contributed by atoms with Crippen LogP contribution in [-0.4, -0.2) is 19.5 Å². The van der Waals surface area contributed by atoms with Gasteiger partial charge >= 0.3 is 0 Å². The fraction of sp³-hybridized carbons (Fsp3) is 0.0172. The summed E-state index contributed by atoms with van der Waals surface area (Å²) in [5.74, 6) is 1.69. The Morgan fingerprint density at radius 1 is 0.349 bits per heavy atom. The number of para-hydroxylation sites is 3. The van der Waals surface area contributed by atoms with Crippen LogP contribution < -0.4 is 0 Å². The fourth-order valence-corrected chi connectivity index (χ4v) is 10.9. The maximum absolute atomic E-state index is 6.51. The standard InChI is InChI=1S/C58H34N4O/c1-2-15-35(16-3-1)55-59-56(44-23-14-22-43-42-21-8-13-28-53(42)63-54(43)44)61-57(60-55)62-51-27-12-7-20-41(51)46-34-37(30-32-52(46)62)36-29-31-50-45(33-36)40-19-6-11-26-49(40)58(50)47-24-9-4-17-38(47)39-18-5-10-25-48(39)58/h1-34H. The summed E-state index contributed by atoms with van der Waals surface area (Å²) in [6, 6.07) is 73.9. The van der Waals surface area contributed by atoms with E-state index in [2.05, 4.69) is 156 Å². The Morgan fingerprint density at radius 3 is 1.68 bits per heavy atom. The SMILES string of the molecule is c1ccc(-c2nc(-c3cccc4c3oc3ccccc34)nc(-n3c4ccccc4c4cc(-c5ccc6c(c5)-c5ccccc5C65c6ccccc6-c6ccccc65)ccc43)n2)cc1. The third kappa shape index (κ3) is 4.68. The zero-order valence-corrected chi connectivity index (χ0v) is 33.8. The van der Waals surface area contributed by atoms with E-state index in [-0.39, 0.29) is 5.41 Å². The average molecular weight is 803 g/mol. The van der Waals surface area contributed by atoms with Crippen LogP contribution in [0, 0.1) is 0 Å². The van der Waals surface area contributed by atoms with E-state index in [0.29, 0.717) is 17.6 Å². The molecule has 63 heavy (non-hydrogen) atoms. The van der Waals surface area contributed by atoms with E-state index in [4.69, 9.17) is 19.4 Å². The molecule has 5 heteroatoms. The van der Waals surface area contributed by atoms with Gasteiger partial charge < -0.3 is 4.42 Å². The van der Waals surface area contributed by atoms with E-state index in [9.17, 15) is 0 Å². The largest absolute Gasteiger partial charge is 0.455 e. The van der Waals surface area contributed by atoms with Crippen LogP contribution in [0.1, 0.15) is 22.3 Å². The minimum atomic E-state index is -0.368. The van der Waals surface area contributed by atoms with E-state index in [1.807, 2.05) is 54.6 Å². The van der Waals surface area contributed by atoms with Crippen LogP contribution in [0.4, 0.5) is 0 Å². The topological polar surface area (TPSA) is 56.7 Å². The van der Waals surface area contributed by atoms with Crippen molar-refractivity contribution in [1.29, 1.82) is 0 Å². The van der Waals surface area contributed by atoms with Gasteiger partial charge in [0.1, 0.15) is 11.2 Å². The lowest BCUT2D eigenvalue weighted by molar-refractivity contribution is 0.669. The van der Waals surface area contributed by atoms with Gasteiger partial charge in [-0.3, -0.25) is 4.57 Å². The molecule has 1 spiro atoms. The van der Waals surface area contributed by atoms with E-state index in [1.165, 1.54) is 50.1 Å². The molecule has 3 heterocycles. The summed E-state index contributed by atoms with van der Waals surface area (Å²) >= 11 is 0. The Balaban J connectivity index is 0.960. The summed E-state index contributed by atoms with van der Waals surface area (Å²) < 4.78 is 8.69. The Morgan fingerprint density at radius 2 is 0.905 bits per heavy atom. The van der Waals surface area contributed by atoms with Gasteiger partial charge in [-0.2, -0.15) is 9.97 Å². The van der Waals surface area contributed by atoms with Crippen LogP contribution >= 0.6 is 0 Å². The summed E-state index contributed by atoms with van der Waals surface area (Å²) in [4.78, 5) is 15.6. The van der Waals surface area contributed by atoms with E-state index in [1.54, 1.807) is 0 Å². The Bertz CT molecular complexity index is 3830. The van der Waals surface area contributed by atoms with Crippen LogP contribution in [0.25, 0.3) is 106 Å². The first kappa shape index (κ1) is 34.3. The second kappa shape index (κ2) is 12.8. The first-order valence-electron chi connectivity index (χ1n) is 21.4. The molecule has 0 bridgehead atoms. The van der Waals surface area contributed by atoms with Crippen molar-refractivity contribution in [3.05, 3.63) is 229 Å². The molecule has 5 nitrogen and oxygen atoms in total. The van der Waals surface area contributed by atoms with Gasteiger partial charge in [0.25, 0.3) is 0 Å². The minimum Gasteiger partial charge on any atom is -0.455 e. The molecule has 0 N–H and O–H groups in total. The highest BCUT2D eigenvalue weighted by Crippen LogP contribution is 2.63. The summed E-state index contributed by atoms with van der Waals surface area (Å²) in [6.45, 7) is 0. The summed E-state index contributed by atoms with van der Waals surface area (Å²) in [5, 5.41) is 4.34. The molecule has 0 saturated heterocycles. The monoisotopic (exact) mass is 802 g/mol. The molecule has 0 radical (unpaired) electrons. The predicted octanol–water partition coefficient (Wildman–Crippen LogP) is 14.2. The lowest BCUT2D eigenvalue weighted by atomic mass is 9.70. The van der Waals surface area contributed by atoms with Crippen molar-refractivity contribution in [2.75, 3.05) is 0 Å². The second-order valence-corrected chi connectivity index (χ2v) is 16.7. The van der Waals surface area contributed by atoms with Gasteiger partial charge in [-0.25, -0.2) is 4.98 Å². The molecule has 0 unspecified atom stereocenters. The smallest absolute Gasteiger partial charge is 0.238 e. The molecule has 0 amide bonds. The number of hydrogen-bond acceptors (Lipinski definition) is 4. The fourth-order valence-electron chi connectivity index (χ4n) is 10.9. The molecule has 2 aliphatic carbocycles. The minimum absolute atomic E-state index is 0.368. The molecule has 3 aromatic heterocycles. The highest BCUT2D eigenvalue weighted by atomic mass is 16.3. The molecule has 12 aromatic rings. The Kier molecular flexibility index (Phi) is 6.97. The normalized spacial score (nSPS) is 13.2. The molecule has 0 aliphatic heterocycles. The highest BCUT2D eigenvalue weighted by Gasteiger charge is 2.51. The molecular formula is C58H34N4O. The molecule has 0 atom stereocenters. The second-order valence-electron chi connectivity index (χ2n) is 16.7. The van der Waals surface area contributed by atoms with Crippen LogP contribution in [0.5, 0.6) is 0 Å². The van der Waals surface area contributed by atoms with Crippen LogP contribution in [-0.2, 0) is 5.41 Å². The van der Waals surface area contributed by atoms with Crippen LogP contribution in [0.15, 0.2) is 211 Å². The summed E-state index contributed by atoms with van der Waals surface area (Å²) in [6.07, 6.45) is 0. The van der Waals surface area contributed by atoms with Crippen molar-refractivity contribution < 1.29 is 4.42 Å². The predicted molar refractivity (Wildman–Crippen MR) is 254 cm³/mol. The first-order valence-corrected chi connectivity index (χ1v) is 21.4. The zero-order valence-electron chi connectivity index (χ0n) is 33.8. The van der Waals surface area contributed by atoms with Crippen LogP contribution in [0.2, 0.25) is 0 Å². The number of benzene rings is 9. The molecule has 0 fully saturated rings. The molecule has 14 rings (SSSR count). The van der Waals surface area contributed by atoms with Crippen molar-refractivity contribution >= 4 is 43.7 Å². The Hall–Kier alpha value is -8.41. The summed E-state index contributed by atoms with van der Waals surface area (Å²) in [5.41, 5.74) is 17.9. The number of furan rings is 1. The zero-order chi connectivity index (χ0) is 41.2. The van der Waals surface area contributed by atoms with Gasteiger partial charge in [-0.1, -0.05) is 170 Å². The van der Waals surface area contributed by atoms with E-state index in [0.717, 1.165) is 60.4 Å².